The summed E-state index contributed by atoms with van der Waals surface area (Å²) in [5.41, 5.74) is 0.521. The standard InChI is InChI=1S/C28H34N4O10S/c1-31(2)22-12-7-10-20-19(22)9-8-13-26(20)43(38,39)29-14-6-5-11-21(27(33)34)30-28(35)42-17-18-15-24(40-3)25(41-4)16-23(18)32(36)37/h7-10,12-13,15-16,21,29H,5-6,11,14,17H2,1-4H3,(H,30,35)(H,33,34)/t21-/m0/s1. The highest BCUT2D eigenvalue weighted by atomic mass is 32.2. The number of hydrogen-bond acceptors (Lipinski definition) is 10. The Labute approximate surface area is 248 Å². The van der Waals surface area contributed by atoms with Gasteiger partial charge in [0, 0.05) is 37.1 Å². The van der Waals surface area contributed by atoms with Crippen LogP contribution >= 0.6 is 0 Å². The molecule has 0 aromatic heterocycles. The van der Waals surface area contributed by atoms with Crippen LogP contribution in [0.3, 0.4) is 0 Å². The Bertz CT molecular complexity index is 1590. The number of nitrogens with one attached hydrogen (secondary N) is 2. The largest absolute Gasteiger partial charge is 0.493 e. The molecule has 3 aromatic rings. The number of alkyl carbamates (subject to hydrolysis) is 1. The molecule has 1 atom stereocenters. The van der Waals surface area contributed by atoms with Gasteiger partial charge in [-0.05, 0) is 37.5 Å². The molecule has 232 valence electrons. The second kappa shape index (κ2) is 14.5. The number of unbranched alkanes of at least 4 members (excludes halogenated alkanes) is 1. The Morgan fingerprint density at radius 1 is 1.02 bits per heavy atom. The molecule has 15 heteroatoms. The van der Waals surface area contributed by atoms with E-state index in [-0.39, 0.29) is 47.0 Å². The lowest BCUT2D eigenvalue weighted by Crippen LogP contribution is -2.41. The van der Waals surface area contributed by atoms with E-state index in [1.165, 1.54) is 26.4 Å². The number of carbonyl (C=O) groups excluding carboxylic acids is 1. The Hall–Kier alpha value is -4.63. The van der Waals surface area contributed by atoms with E-state index < -0.39 is 39.7 Å². The quantitative estimate of drug-likeness (QED) is 0.128. The Balaban J connectivity index is 1.55. The van der Waals surface area contributed by atoms with E-state index in [1.807, 2.05) is 31.1 Å². The van der Waals surface area contributed by atoms with Crippen LogP contribution in [-0.4, -0.2) is 71.4 Å². The molecule has 0 fully saturated rings. The van der Waals surface area contributed by atoms with Crippen LogP contribution in [0.1, 0.15) is 24.8 Å². The first kappa shape index (κ1) is 32.9. The van der Waals surface area contributed by atoms with Gasteiger partial charge in [-0.1, -0.05) is 24.3 Å². The van der Waals surface area contributed by atoms with Gasteiger partial charge >= 0.3 is 12.1 Å². The molecule has 0 spiro atoms. The molecule has 0 heterocycles. The van der Waals surface area contributed by atoms with Crippen molar-refractivity contribution in [2.75, 3.05) is 39.8 Å². The summed E-state index contributed by atoms with van der Waals surface area (Å²) in [6.45, 7) is -0.479. The predicted octanol–water partition coefficient (Wildman–Crippen LogP) is 3.66. The monoisotopic (exact) mass is 618 g/mol. The topological polar surface area (TPSA) is 187 Å². The fourth-order valence-corrected chi connectivity index (χ4v) is 5.72. The molecule has 14 nitrogen and oxygen atoms in total. The van der Waals surface area contributed by atoms with E-state index >= 15 is 0 Å². The molecular formula is C28H34N4O10S. The molecule has 3 aromatic carbocycles. The minimum absolute atomic E-state index is 0.0108. The summed E-state index contributed by atoms with van der Waals surface area (Å²) < 4.78 is 43.9. The molecule has 3 N–H and O–H groups in total. The second-order valence-corrected chi connectivity index (χ2v) is 11.4. The van der Waals surface area contributed by atoms with Crippen molar-refractivity contribution in [3.8, 4) is 11.5 Å². The average Bonchev–Trinajstić information content (AvgIpc) is 2.97. The lowest BCUT2D eigenvalue weighted by atomic mass is 10.1. The SMILES string of the molecule is COc1cc(COC(=O)N[C@@H](CCCCNS(=O)(=O)c2cccc3c(N(C)C)cccc23)C(=O)O)c([N+](=O)[O-])cc1OC. The van der Waals surface area contributed by atoms with Gasteiger partial charge in [0.2, 0.25) is 10.0 Å². The minimum Gasteiger partial charge on any atom is -0.493 e. The molecule has 0 aliphatic carbocycles. The number of nitro benzene ring substituents is 1. The number of anilines is 1. The van der Waals surface area contributed by atoms with Crippen LogP contribution in [-0.2, 0) is 26.2 Å². The Morgan fingerprint density at radius 2 is 1.67 bits per heavy atom. The molecule has 1 amide bonds. The predicted molar refractivity (Wildman–Crippen MR) is 158 cm³/mol. The number of amides is 1. The van der Waals surface area contributed by atoms with E-state index in [1.54, 1.807) is 18.2 Å². The average molecular weight is 619 g/mol. The van der Waals surface area contributed by atoms with Crippen molar-refractivity contribution in [1.82, 2.24) is 10.0 Å². The van der Waals surface area contributed by atoms with Gasteiger partial charge in [0.1, 0.15) is 12.6 Å². The summed E-state index contributed by atoms with van der Waals surface area (Å²) in [5.74, 6) is -1.02. The summed E-state index contributed by atoms with van der Waals surface area (Å²) in [6.07, 6.45) is -0.541. The van der Waals surface area contributed by atoms with Crippen molar-refractivity contribution in [3.63, 3.8) is 0 Å². The van der Waals surface area contributed by atoms with Crippen LogP contribution < -0.4 is 24.4 Å². The fourth-order valence-electron chi connectivity index (χ4n) is 4.43. The van der Waals surface area contributed by atoms with Gasteiger partial charge in [0.15, 0.2) is 11.5 Å². The zero-order chi connectivity index (χ0) is 31.7. The summed E-state index contributed by atoms with van der Waals surface area (Å²) in [5, 5.41) is 24.6. The van der Waals surface area contributed by atoms with Crippen LogP contribution in [0.4, 0.5) is 16.2 Å². The van der Waals surface area contributed by atoms with Crippen molar-refractivity contribution in [2.45, 2.75) is 36.8 Å². The van der Waals surface area contributed by atoms with Crippen LogP contribution in [0.5, 0.6) is 11.5 Å². The summed E-state index contributed by atoms with van der Waals surface area (Å²) >= 11 is 0. The Kier molecular flexibility index (Phi) is 11.1. The Morgan fingerprint density at radius 3 is 2.30 bits per heavy atom. The van der Waals surface area contributed by atoms with Crippen LogP contribution in [0.2, 0.25) is 0 Å². The lowest BCUT2D eigenvalue weighted by molar-refractivity contribution is -0.385. The number of aliphatic carboxylic acids is 1. The van der Waals surface area contributed by atoms with E-state index in [2.05, 4.69) is 10.0 Å². The number of carbonyl (C=O) groups is 2. The first-order valence-electron chi connectivity index (χ1n) is 13.1. The van der Waals surface area contributed by atoms with Crippen molar-refractivity contribution >= 4 is 44.2 Å². The number of methoxy groups -OCH3 is 2. The molecule has 0 aliphatic heterocycles. The van der Waals surface area contributed by atoms with Gasteiger partial charge in [-0.2, -0.15) is 0 Å². The fraction of sp³-hybridized carbons (Fsp3) is 0.357. The summed E-state index contributed by atoms with van der Waals surface area (Å²) in [4.78, 5) is 36.8. The number of nitrogens with zero attached hydrogens (tertiary/aromatic N) is 2. The van der Waals surface area contributed by atoms with Crippen molar-refractivity contribution in [1.29, 1.82) is 0 Å². The highest BCUT2D eigenvalue weighted by molar-refractivity contribution is 7.89. The number of sulfonamides is 1. The van der Waals surface area contributed by atoms with E-state index in [0.717, 1.165) is 17.1 Å². The highest BCUT2D eigenvalue weighted by Crippen LogP contribution is 2.35. The lowest BCUT2D eigenvalue weighted by Gasteiger charge is -2.17. The third kappa shape index (κ3) is 8.23. The number of carboxylic acid groups (broad SMARTS) is 1. The minimum atomic E-state index is -3.86. The van der Waals surface area contributed by atoms with Crippen molar-refractivity contribution < 1.29 is 42.2 Å². The van der Waals surface area contributed by atoms with E-state index in [9.17, 15) is 33.2 Å². The van der Waals surface area contributed by atoms with E-state index in [4.69, 9.17) is 14.2 Å². The zero-order valence-corrected chi connectivity index (χ0v) is 25.0. The van der Waals surface area contributed by atoms with Crippen molar-refractivity contribution in [2.24, 2.45) is 0 Å². The van der Waals surface area contributed by atoms with Gasteiger partial charge in [0.25, 0.3) is 5.69 Å². The number of hydrogen-bond donors (Lipinski definition) is 3. The van der Waals surface area contributed by atoms with E-state index in [0.29, 0.717) is 11.8 Å². The molecule has 0 saturated carbocycles. The molecule has 43 heavy (non-hydrogen) atoms. The molecule has 0 unspecified atom stereocenters. The number of nitro groups is 1. The highest BCUT2D eigenvalue weighted by Gasteiger charge is 2.24. The maximum Gasteiger partial charge on any atom is 0.408 e. The number of ether oxygens (including phenoxy) is 3. The molecule has 0 saturated heterocycles. The number of rotatable bonds is 15. The molecule has 3 rings (SSSR count). The first-order valence-corrected chi connectivity index (χ1v) is 14.6. The number of benzene rings is 3. The molecule has 0 aliphatic rings. The number of fused-ring (bicyclic) bond motifs is 1. The third-order valence-corrected chi connectivity index (χ3v) is 8.09. The van der Waals surface area contributed by atoms with Crippen LogP contribution in [0.25, 0.3) is 10.8 Å². The first-order chi connectivity index (χ1) is 20.4. The number of carboxylic acids is 1. The summed E-state index contributed by atoms with van der Waals surface area (Å²) in [7, 11) is 2.55. The van der Waals surface area contributed by atoms with Crippen LogP contribution in [0.15, 0.2) is 53.4 Å². The zero-order valence-electron chi connectivity index (χ0n) is 24.2. The van der Waals surface area contributed by atoms with Gasteiger partial charge < -0.3 is 29.5 Å². The molecule has 0 radical (unpaired) electrons. The molecule has 0 bridgehead atoms. The smallest absolute Gasteiger partial charge is 0.408 e. The van der Waals surface area contributed by atoms with Crippen LogP contribution in [0, 0.1) is 10.1 Å². The maximum absolute atomic E-state index is 13.1. The van der Waals surface area contributed by atoms with Crippen molar-refractivity contribution in [3.05, 3.63) is 64.2 Å². The van der Waals surface area contributed by atoms with Gasteiger partial charge in [-0.3, -0.25) is 10.1 Å². The normalized spacial score (nSPS) is 11.9. The molecular weight excluding hydrogens is 584 g/mol. The van der Waals surface area contributed by atoms with Gasteiger partial charge in [-0.15, -0.1) is 0 Å². The maximum atomic E-state index is 13.1. The van der Waals surface area contributed by atoms with Gasteiger partial charge in [0.05, 0.1) is 35.7 Å². The second-order valence-electron chi connectivity index (χ2n) is 9.62. The summed E-state index contributed by atoms with van der Waals surface area (Å²) in [6, 6.07) is 11.6. The van der Waals surface area contributed by atoms with Gasteiger partial charge in [-0.25, -0.2) is 22.7 Å². The third-order valence-electron chi connectivity index (χ3n) is 6.57.